The van der Waals surface area contributed by atoms with E-state index in [-0.39, 0.29) is 11.8 Å². The second kappa shape index (κ2) is 8.18. The van der Waals surface area contributed by atoms with Gasteiger partial charge in [0.25, 0.3) is 5.91 Å². The largest absolute Gasteiger partial charge is 0.479 e. The zero-order valence-corrected chi connectivity index (χ0v) is 15.4. The van der Waals surface area contributed by atoms with E-state index in [1.54, 1.807) is 36.2 Å². The summed E-state index contributed by atoms with van der Waals surface area (Å²) in [7, 11) is 1.74. The summed E-state index contributed by atoms with van der Waals surface area (Å²) in [6, 6.07) is 12.8. The van der Waals surface area contributed by atoms with Crippen LogP contribution in [0.3, 0.4) is 0 Å². The maximum absolute atomic E-state index is 12.8. The van der Waals surface area contributed by atoms with Crippen molar-refractivity contribution in [2.75, 3.05) is 7.05 Å². The molecule has 0 aliphatic heterocycles. The van der Waals surface area contributed by atoms with Gasteiger partial charge in [0.1, 0.15) is 11.8 Å². The van der Waals surface area contributed by atoms with E-state index < -0.39 is 6.10 Å². The minimum absolute atomic E-state index is 0.0291. The smallest absolute Gasteiger partial charge is 0.263 e. The number of likely N-dealkylation sites (N-methyl/N-ethyl adjacent to an activating group) is 1. The Morgan fingerprint density at radius 2 is 2.04 bits per heavy atom. The van der Waals surface area contributed by atoms with E-state index in [0.717, 1.165) is 4.88 Å². The van der Waals surface area contributed by atoms with E-state index in [1.165, 1.54) is 11.3 Å². The average Bonchev–Trinajstić information content (AvgIpc) is 2.96. The van der Waals surface area contributed by atoms with E-state index in [4.69, 9.17) is 16.3 Å². The highest BCUT2D eigenvalue weighted by Crippen LogP contribution is 2.24. The fourth-order valence-electron chi connectivity index (χ4n) is 2.24. The van der Waals surface area contributed by atoms with Crippen LogP contribution in [0.1, 0.15) is 24.3 Å². The number of hydrogen-bond acceptors (Lipinski definition) is 4. The Balaban J connectivity index is 2.14. The Morgan fingerprint density at radius 1 is 1.33 bits per heavy atom. The Labute approximate surface area is 151 Å². The Kier molecular flexibility index (Phi) is 6.24. The van der Waals surface area contributed by atoms with Gasteiger partial charge in [-0.15, -0.1) is 11.3 Å². The molecule has 0 fully saturated rings. The second-order valence-corrected chi connectivity index (χ2v) is 7.59. The van der Waals surface area contributed by atoms with Gasteiger partial charge in [0.2, 0.25) is 0 Å². The number of nitrogens with zero attached hydrogens (tertiary/aromatic N) is 2. The maximum Gasteiger partial charge on any atom is 0.263 e. The van der Waals surface area contributed by atoms with Crippen molar-refractivity contribution in [2.45, 2.75) is 26.5 Å². The SMILES string of the molecule is CC(C)C(Oc1ccccc1C#N)C(=O)N(C)Cc1ccc(Cl)s1. The average molecular weight is 363 g/mol. The van der Waals surface area contributed by atoms with Crippen molar-refractivity contribution < 1.29 is 9.53 Å². The number of rotatable bonds is 6. The molecule has 1 atom stereocenters. The topological polar surface area (TPSA) is 53.3 Å². The standard InChI is InChI=1S/C18H19ClN2O2S/c1-12(2)17(23-15-7-5-4-6-13(15)10-20)18(22)21(3)11-14-8-9-16(19)24-14/h4-9,12,17H,11H2,1-3H3. The zero-order valence-electron chi connectivity index (χ0n) is 13.8. The van der Waals surface area contributed by atoms with E-state index >= 15 is 0 Å². The van der Waals surface area contributed by atoms with Gasteiger partial charge in [-0.05, 0) is 30.2 Å². The number of nitriles is 1. The van der Waals surface area contributed by atoms with Crippen molar-refractivity contribution >= 4 is 28.8 Å². The van der Waals surface area contributed by atoms with E-state index in [9.17, 15) is 10.1 Å². The van der Waals surface area contributed by atoms with Crippen molar-refractivity contribution in [3.8, 4) is 11.8 Å². The molecule has 1 amide bonds. The molecule has 24 heavy (non-hydrogen) atoms. The van der Waals surface area contributed by atoms with Crippen molar-refractivity contribution in [2.24, 2.45) is 5.92 Å². The lowest BCUT2D eigenvalue weighted by Crippen LogP contribution is -2.42. The first-order valence-electron chi connectivity index (χ1n) is 7.57. The highest BCUT2D eigenvalue weighted by Gasteiger charge is 2.28. The number of hydrogen-bond donors (Lipinski definition) is 0. The van der Waals surface area contributed by atoms with Crippen molar-refractivity contribution in [1.82, 2.24) is 4.90 Å². The summed E-state index contributed by atoms with van der Waals surface area (Å²) in [5, 5.41) is 9.18. The minimum atomic E-state index is -0.653. The monoisotopic (exact) mass is 362 g/mol. The predicted molar refractivity (Wildman–Crippen MR) is 96.2 cm³/mol. The number of carbonyl (C=O) groups is 1. The summed E-state index contributed by atoms with van der Waals surface area (Å²) in [5.41, 5.74) is 0.420. The van der Waals surface area contributed by atoms with E-state index in [1.807, 2.05) is 26.0 Å². The molecular formula is C18H19ClN2O2S. The Hall–Kier alpha value is -2.03. The first-order valence-corrected chi connectivity index (χ1v) is 8.76. The lowest BCUT2D eigenvalue weighted by Gasteiger charge is -2.27. The van der Waals surface area contributed by atoms with Crippen LogP contribution >= 0.6 is 22.9 Å². The van der Waals surface area contributed by atoms with E-state index in [0.29, 0.717) is 22.2 Å². The van der Waals surface area contributed by atoms with Crippen LogP contribution < -0.4 is 4.74 Å². The summed E-state index contributed by atoms with van der Waals surface area (Å²) in [5.74, 6) is 0.278. The molecule has 0 saturated heterocycles. The number of ether oxygens (including phenoxy) is 1. The van der Waals surface area contributed by atoms with Gasteiger partial charge in [0.05, 0.1) is 16.4 Å². The van der Waals surface area contributed by atoms with Crippen molar-refractivity contribution in [3.05, 3.63) is 51.2 Å². The van der Waals surface area contributed by atoms with Gasteiger partial charge in [-0.2, -0.15) is 5.26 Å². The van der Waals surface area contributed by atoms with Gasteiger partial charge in [-0.1, -0.05) is 37.6 Å². The lowest BCUT2D eigenvalue weighted by molar-refractivity contribution is -0.139. The van der Waals surface area contributed by atoms with Crippen LogP contribution in [0.5, 0.6) is 5.75 Å². The number of benzene rings is 1. The summed E-state index contributed by atoms with van der Waals surface area (Å²) >= 11 is 7.39. The van der Waals surface area contributed by atoms with Gasteiger partial charge < -0.3 is 9.64 Å². The van der Waals surface area contributed by atoms with Crippen molar-refractivity contribution in [1.29, 1.82) is 5.26 Å². The molecule has 4 nitrogen and oxygen atoms in total. The lowest BCUT2D eigenvalue weighted by atomic mass is 10.1. The Morgan fingerprint density at radius 3 is 2.62 bits per heavy atom. The molecule has 0 radical (unpaired) electrons. The van der Waals surface area contributed by atoms with Crippen molar-refractivity contribution in [3.63, 3.8) is 0 Å². The molecule has 0 aliphatic carbocycles. The molecule has 0 saturated carbocycles. The van der Waals surface area contributed by atoms with Gasteiger partial charge >= 0.3 is 0 Å². The number of para-hydroxylation sites is 1. The van der Waals surface area contributed by atoms with Crippen LogP contribution in [-0.2, 0) is 11.3 Å². The van der Waals surface area contributed by atoms with Gasteiger partial charge in [-0.25, -0.2) is 0 Å². The predicted octanol–water partition coefficient (Wildman–Crippen LogP) is 4.34. The van der Waals surface area contributed by atoms with Crippen LogP contribution in [0.25, 0.3) is 0 Å². The number of carbonyl (C=O) groups excluding carboxylic acids is 1. The van der Waals surface area contributed by atoms with Gasteiger partial charge in [0, 0.05) is 11.9 Å². The van der Waals surface area contributed by atoms with Crippen LogP contribution in [0.2, 0.25) is 4.34 Å². The highest BCUT2D eigenvalue weighted by atomic mass is 35.5. The molecule has 2 rings (SSSR count). The summed E-state index contributed by atoms with van der Waals surface area (Å²) < 4.78 is 6.59. The molecule has 0 spiro atoms. The van der Waals surface area contributed by atoms with Crippen LogP contribution in [0.15, 0.2) is 36.4 Å². The zero-order chi connectivity index (χ0) is 17.7. The van der Waals surface area contributed by atoms with Crippen LogP contribution in [0, 0.1) is 17.2 Å². The summed E-state index contributed by atoms with van der Waals surface area (Å²) in [6.07, 6.45) is -0.653. The third-order valence-corrected chi connectivity index (χ3v) is 4.72. The molecule has 1 aromatic carbocycles. The second-order valence-electron chi connectivity index (χ2n) is 5.79. The quantitative estimate of drug-likeness (QED) is 0.768. The normalized spacial score (nSPS) is 11.8. The first kappa shape index (κ1) is 18.3. The molecule has 0 N–H and O–H groups in total. The first-order chi connectivity index (χ1) is 11.4. The third kappa shape index (κ3) is 4.50. The number of amides is 1. The number of thiophene rings is 1. The molecule has 1 heterocycles. The summed E-state index contributed by atoms with van der Waals surface area (Å²) in [6.45, 7) is 4.32. The highest BCUT2D eigenvalue weighted by molar-refractivity contribution is 7.16. The molecule has 126 valence electrons. The molecule has 1 aromatic heterocycles. The molecule has 6 heteroatoms. The maximum atomic E-state index is 12.8. The Bertz CT molecular complexity index is 751. The minimum Gasteiger partial charge on any atom is -0.479 e. The van der Waals surface area contributed by atoms with Crippen LogP contribution in [-0.4, -0.2) is 24.0 Å². The molecule has 0 aliphatic rings. The molecule has 2 aromatic rings. The van der Waals surface area contributed by atoms with Gasteiger partial charge in [0.15, 0.2) is 6.10 Å². The summed E-state index contributed by atoms with van der Waals surface area (Å²) in [4.78, 5) is 15.4. The molecule has 0 bridgehead atoms. The molecule has 1 unspecified atom stereocenters. The van der Waals surface area contributed by atoms with Gasteiger partial charge in [-0.3, -0.25) is 4.79 Å². The fourth-order valence-corrected chi connectivity index (χ4v) is 3.38. The fraction of sp³-hybridized carbons (Fsp3) is 0.333. The molecular weight excluding hydrogens is 344 g/mol. The van der Waals surface area contributed by atoms with E-state index in [2.05, 4.69) is 6.07 Å². The third-order valence-electron chi connectivity index (χ3n) is 3.51. The number of halogens is 1. The van der Waals surface area contributed by atoms with Crippen LogP contribution in [0.4, 0.5) is 0 Å².